The average Bonchev–Trinajstić information content (AvgIpc) is 2.92. The highest BCUT2D eigenvalue weighted by atomic mass is 16.6. The molecule has 1 heterocycles. The largest absolute Gasteiger partial charge is 0.502 e. The van der Waals surface area contributed by atoms with Gasteiger partial charge in [-0.15, -0.1) is 0 Å². The summed E-state index contributed by atoms with van der Waals surface area (Å²) in [6.45, 7) is 4.98. The summed E-state index contributed by atoms with van der Waals surface area (Å²) in [6.07, 6.45) is 3.28. The van der Waals surface area contributed by atoms with Gasteiger partial charge in [-0.1, -0.05) is 19.9 Å². The molecule has 2 aromatic rings. The first kappa shape index (κ1) is 17.3. The van der Waals surface area contributed by atoms with Crippen LogP contribution in [0.4, 0.5) is 16.2 Å². The molecule has 1 aromatic carbocycles. The number of urea groups is 1. The molecule has 24 heavy (non-hydrogen) atoms. The van der Waals surface area contributed by atoms with E-state index in [0.29, 0.717) is 17.2 Å². The highest BCUT2D eigenvalue weighted by Crippen LogP contribution is 2.26. The Kier molecular flexibility index (Phi) is 5.35. The number of carbonyl (C=O) groups is 1. The van der Waals surface area contributed by atoms with E-state index in [1.807, 2.05) is 0 Å². The number of aromatic hydroxyl groups is 1. The molecule has 0 fully saturated rings. The average molecular weight is 333 g/mol. The van der Waals surface area contributed by atoms with Crippen LogP contribution in [0.1, 0.15) is 19.4 Å². The molecule has 128 valence electrons. The molecule has 0 aliphatic carbocycles. The molecule has 0 spiro atoms. The summed E-state index contributed by atoms with van der Waals surface area (Å²) < 4.78 is 1.74. The zero-order valence-corrected chi connectivity index (χ0v) is 13.4. The first-order valence-electron chi connectivity index (χ1n) is 7.38. The van der Waals surface area contributed by atoms with Crippen molar-refractivity contribution in [2.45, 2.75) is 26.9 Å². The lowest BCUT2D eigenvalue weighted by atomic mass is 10.2. The highest BCUT2D eigenvalue weighted by molar-refractivity contribution is 5.88. The van der Waals surface area contributed by atoms with E-state index in [9.17, 15) is 20.0 Å². The van der Waals surface area contributed by atoms with Gasteiger partial charge >= 0.3 is 11.7 Å². The molecule has 9 heteroatoms. The van der Waals surface area contributed by atoms with Crippen LogP contribution in [-0.4, -0.2) is 25.8 Å². The highest BCUT2D eigenvalue weighted by Gasteiger charge is 2.14. The minimum Gasteiger partial charge on any atom is -0.502 e. The molecule has 1 aromatic heterocycles. The number of phenols is 1. The van der Waals surface area contributed by atoms with Crippen LogP contribution in [0, 0.1) is 16.0 Å². The molecule has 0 unspecified atom stereocenters. The molecule has 9 nitrogen and oxygen atoms in total. The third kappa shape index (κ3) is 4.70. The van der Waals surface area contributed by atoms with Crippen LogP contribution in [-0.2, 0) is 13.1 Å². The number of carbonyl (C=O) groups excluding carboxylic acids is 1. The number of nitrogens with one attached hydrogen (secondary N) is 2. The molecule has 0 saturated heterocycles. The Morgan fingerprint density at radius 3 is 2.88 bits per heavy atom. The van der Waals surface area contributed by atoms with Crippen molar-refractivity contribution in [1.29, 1.82) is 0 Å². The second kappa shape index (κ2) is 7.44. The van der Waals surface area contributed by atoms with Gasteiger partial charge in [0.15, 0.2) is 5.75 Å². The number of phenolic OH excluding ortho intramolecular Hbond substituents is 1. The maximum atomic E-state index is 11.9. The summed E-state index contributed by atoms with van der Waals surface area (Å²) in [7, 11) is 0. The minimum atomic E-state index is -0.679. The quantitative estimate of drug-likeness (QED) is 0.553. The van der Waals surface area contributed by atoms with Crippen molar-refractivity contribution in [3.63, 3.8) is 0 Å². The van der Waals surface area contributed by atoms with E-state index in [1.165, 1.54) is 18.2 Å². The smallest absolute Gasteiger partial charge is 0.319 e. The van der Waals surface area contributed by atoms with Crippen molar-refractivity contribution in [2.75, 3.05) is 5.32 Å². The number of nitro groups is 1. The van der Waals surface area contributed by atoms with Crippen LogP contribution in [0.2, 0.25) is 0 Å². The first-order chi connectivity index (χ1) is 11.3. The van der Waals surface area contributed by atoms with Gasteiger partial charge in [0.25, 0.3) is 0 Å². The maximum absolute atomic E-state index is 11.9. The van der Waals surface area contributed by atoms with Crippen molar-refractivity contribution < 1.29 is 14.8 Å². The lowest BCUT2D eigenvalue weighted by Crippen LogP contribution is -2.28. The van der Waals surface area contributed by atoms with Crippen molar-refractivity contribution in [2.24, 2.45) is 5.92 Å². The predicted molar refractivity (Wildman–Crippen MR) is 87.7 cm³/mol. The number of amides is 2. The lowest BCUT2D eigenvalue weighted by Gasteiger charge is -2.07. The topological polar surface area (TPSA) is 122 Å². The summed E-state index contributed by atoms with van der Waals surface area (Å²) in [6, 6.07) is 3.50. The summed E-state index contributed by atoms with van der Waals surface area (Å²) in [5, 5.41) is 29.5. The number of anilines is 1. The molecular weight excluding hydrogens is 314 g/mol. The Labute approximate surface area is 138 Å². The van der Waals surface area contributed by atoms with Crippen LogP contribution in [0.25, 0.3) is 0 Å². The molecule has 0 radical (unpaired) electrons. The number of benzene rings is 1. The Bertz CT molecular complexity index is 741. The zero-order valence-electron chi connectivity index (χ0n) is 13.4. The van der Waals surface area contributed by atoms with Gasteiger partial charge in [-0.25, -0.2) is 4.79 Å². The number of hydrogen-bond donors (Lipinski definition) is 3. The molecule has 0 bridgehead atoms. The summed E-state index contributed by atoms with van der Waals surface area (Å²) in [5.74, 6) is 0.0302. The molecule has 2 amide bonds. The second-order valence-electron chi connectivity index (χ2n) is 5.73. The number of rotatable bonds is 6. The summed E-state index contributed by atoms with van der Waals surface area (Å²) in [5.41, 5.74) is 0.666. The van der Waals surface area contributed by atoms with E-state index in [1.54, 1.807) is 17.1 Å². The van der Waals surface area contributed by atoms with Crippen LogP contribution in [0.15, 0.2) is 30.6 Å². The van der Waals surface area contributed by atoms with Crippen molar-refractivity contribution in [1.82, 2.24) is 15.1 Å². The Morgan fingerprint density at radius 1 is 1.46 bits per heavy atom. The minimum absolute atomic E-state index is 0.0904. The molecule has 0 aliphatic rings. The van der Waals surface area contributed by atoms with E-state index in [2.05, 4.69) is 29.6 Å². The van der Waals surface area contributed by atoms with Gasteiger partial charge in [-0.3, -0.25) is 14.8 Å². The van der Waals surface area contributed by atoms with E-state index in [-0.39, 0.29) is 6.54 Å². The second-order valence-corrected chi connectivity index (χ2v) is 5.73. The van der Waals surface area contributed by atoms with Crippen LogP contribution in [0.5, 0.6) is 5.75 Å². The molecule has 2 rings (SSSR count). The molecule has 0 saturated carbocycles. The number of hydrogen-bond acceptors (Lipinski definition) is 5. The van der Waals surface area contributed by atoms with Gasteiger partial charge in [0.1, 0.15) is 0 Å². The van der Waals surface area contributed by atoms with Crippen LogP contribution in [0.3, 0.4) is 0 Å². The van der Waals surface area contributed by atoms with E-state index in [4.69, 9.17) is 0 Å². The standard InChI is InChI=1S/C15H19N5O4/c1-10(2)8-19-9-12(7-17-19)18-15(22)16-6-11-3-4-14(21)13(5-11)20(23)24/h3-5,7,9-10,21H,6,8H2,1-2H3,(H2,16,18,22). The van der Waals surface area contributed by atoms with Gasteiger partial charge in [-0.05, 0) is 17.5 Å². The van der Waals surface area contributed by atoms with Crippen molar-refractivity contribution >= 4 is 17.4 Å². The van der Waals surface area contributed by atoms with Gasteiger partial charge in [0.05, 0.1) is 16.8 Å². The Hall–Kier alpha value is -3.10. The fourth-order valence-electron chi connectivity index (χ4n) is 2.08. The van der Waals surface area contributed by atoms with Gasteiger partial charge in [-0.2, -0.15) is 5.10 Å². The fourth-order valence-corrected chi connectivity index (χ4v) is 2.08. The molecule has 3 N–H and O–H groups in total. The molecular formula is C15H19N5O4. The number of nitrogens with zero attached hydrogens (tertiary/aromatic N) is 3. The van der Waals surface area contributed by atoms with E-state index >= 15 is 0 Å². The van der Waals surface area contributed by atoms with Crippen LogP contribution < -0.4 is 10.6 Å². The number of nitro benzene ring substituents is 1. The maximum Gasteiger partial charge on any atom is 0.319 e. The van der Waals surface area contributed by atoms with Crippen LogP contribution >= 0.6 is 0 Å². The Morgan fingerprint density at radius 2 is 2.21 bits per heavy atom. The van der Waals surface area contributed by atoms with Gasteiger partial charge < -0.3 is 15.7 Å². The summed E-state index contributed by atoms with van der Waals surface area (Å²) >= 11 is 0. The monoisotopic (exact) mass is 333 g/mol. The summed E-state index contributed by atoms with van der Waals surface area (Å²) in [4.78, 5) is 22.0. The Balaban J connectivity index is 1.90. The normalized spacial score (nSPS) is 10.6. The third-order valence-corrected chi connectivity index (χ3v) is 3.13. The van der Waals surface area contributed by atoms with Gasteiger partial charge in [0, 0.05) is 25.4 Å². The zero-order chi connectivity index (χ0) is 17.7. The first-order valence-corrected chi connectivity index (χ1v) is 7.38. The third-order valence-electron chi connectivity index (χ3n) is 3.13. The van der Waals surface area contributed by atoms with Crippen molar-refractivity contribution in [3.05, 3.63) is 46.3 Å². The van der Waals surface area contributed by atoms with Gasteiger partial charge in [0.2, 0.25) is 0 Å². The molecule has 0 atom stereocenters. The fraction of sp³-hybridized carbons (Fsp3) is 0.333. The lowest BCUT2D eigenvalue weighted by molar-refractivity contribution is -0.385. The van der Waals surface area contributed by atoms with Crippen molar-refractivity contribution in [3.8, 4) is 5.75 Å². The number of aromatic nitrogens is 2. The van der Waals surface area contributed by atoms with E-state index < -0.39 is 22.4 Å². The predicted octanol–water partition coefficient (Wildman–Crippen LogP) is 2.47. The SMILES string of the molecule is CC(C)Cn1cc(NC(=O)NCc2ccc(O)c([N+](=O)[O-])c2)cn1. The molecule has 0 aliphatic heterocycles. The van der Waals surface area contributed by atoms with E-state index in [0.717, 1.165) is 6.54 Å².